The maximum absolute atomic E-state index is 7.16. The van der Waals surface area contributed by atoms with Crippen LogP contribution in [0.5, 0.6) is 0 Å². The van der Waals surface area contributed by atoms with E-state index in [1.165, 1.54) is 5.56 Å². The van der Waals surface area contributed by atoms with Crippen molar-refractivity contribution >= 4 is 17.6 Å². The van der Waals surface area contributed by atoms with Gasteiger partial charge in [-0.15, -0.1) is 0 Å². The Balaban J connectivity index is 1.80. The summed E-state index contributed by atoms with van der Waals surface area (Å²) in [6.07, 6.45) is 1.57. The predicted octanol–water partition coefficient (Wildman–Crippen LogP) is 2.54. The number of thioether (sulfide) groups is 1. The molecule has 0 bridgehead atoms. The molecule has 0 saturated carbocycles. The number of aromatic nitrogens is 2. The quantitative estimate of drug-likeness (QED) is 0.745. The Bertz CT molecular complexity index is 416. The summed E-state index contributed by atoms with van der Waals surface area (Å²) in [6, 6.07) is 10.3. The van der Waals surface area contributed by atoms with Crippen LogP contribution in [0.4, 0.5) is 5.88 Å². The van der Waals surface area contributed by atoms with Crippen molar-refractivity contribution in [2.24, 2.45) is 0 Å². The van der Waals surface area contributed by atoms with Crippen molar-refractivity contribution in [1.29, 1.82) is 0 Å². The highest BCUT2D eigenvalue weighted by atomic mass is 32.2. The number of nitrogens with zero attached hydrogens (tertiary/aromatic N) is 2. The molecule has 15 heavy (non-hydrogen) atoms. The van der Waals surface area contributed by atoms with Gasteiger partial charge in [-0.2, -0.15) is 0 Å². The third-order valence-corrected chi connectivity index (χ3v) is 2.83. The van der Waals surface area contributed by atoms with Gasteiger partial charge in [0.1, 0.15) is 5.88 Å². The Morgan fingerprint density at radius 2 is 2.13 bits per heavy atom. The molecule has 0 aliphatic carbocycles. The Morgan fingerprint density at radius 3 is 2.80 bits per heavy atom. The smallest absolute Gasteiger partial charge is 0.224 e. The van der Waals surface area contributed by atoms with Crippen LogP contribution in [0, 0.1) is 0 Å². The number of hydrogen-bond acceptors (Lipinski definition) is 3. The predicted molar refractivity (Wildman–Crippen MR) is 58.4 cm³/mol. The molecule has 1 N–H and O–H groups in total. The van der Waals surface area contributed by atoms with Crippen LogP contribution in [0.1, 0.15) is 5.56 Å². The zero-order valence-electron chi connectivity index (χ0n) is 8.09. The van der Waals surface area contributed by atoms with E-state index in [0.717, 1.165) is 5.75 Å². The molecule has 4 nitrogen and oxygen atoms in total. The van der Waals surface area contributed by atoms with Crippen LogP contribution in [0.25, 0.3) is 5.73 Å². The first-order valence-corrected chi connectivity index (χ1v) is 5.70. The SMILES string of the molecule is [NH-]c1c[n+](CSCc2ccccc2)no1. The maximum atomic E-state index is 7.16. The molecular weight excluding hydrogens is 210 g/mol. The van der Waals surface area contributed by atoms with E-state index in [0.29, 0.717) is 5.88 Å². The van der Waals surface area contributed by atoms with Crippen molar-refractivity contribution in [2.75, 3.05) is 0 Å². The van der Waals surface area contributed by atoms with Gasteiger partial charge in [-0.25, -0.2) is 0 Å². The average Bonchev–Trinajstić information content (AvgIpc) is 2.66. The van der Waals surface area contributed by atoms with Crippen LogP contribution in [0.3, 0.4) is 0 Å². The molecule has 2 rings (SSSR count). The molecule has 2 aromatic rings. The third-order valence-electron chi connectivity index (χ3n) is 1.85. The van der Waals surface area contributed by atoms with Crippen LogP contribution in [0.15, 0.2) is 41.1 Å². The van der Waals surface area contributed by atoms with Gasteiger partial charge in [0.2, 0.25) is 12.1 Å². The molecule has 0 amide bonds. The summed E-state index contributed by atoms with van der Waals surface area (Å²) in [4.78, 5) is 0. The van der Waals surface area contributed by atoms with Crippen molar-refractivity contribution in [3.05, 3.63) is 47.8 Å². The zero-order chi connectivity index (χ0) is 10.5. The normalized spacial score (nSPS) is 10.4. The molecule has 0 aliphatic rings. The molecule has 0 spiro atoms. The van der Waals surface area contributed by atoms with Gasteiger partial charge in [-0.05, 0) is 10.2 Å². The zero-order valence-corrected chi connectivity index (χ0v) is 8.91. The largest absolute Gasteiger partial charge is 0.660 e. The van der Waals surface area contributed by atoms with E-state index < -0.39 is 0 Å². The molecule has 0 radical (unpaired) electrons. The number of nitrogens with one attached hydrogen (secondary N) is 1. The first-order valence-electron chi connectivity index (χ1n) is 4.54. The van der Waals surface area contributed by atoms with Gasteiger partial charge in [0.15, 0.2) is 5.27 Å². The van der Waals surface area contributed by atoms with Crippen LogP contribution in [-0.2, 0) is 11.6 Å². The van der Waals surface area contributed by atoms with E-state index in [4.69, 9.17) is 5.73 Å². The number of benzene rings is 1. The van der Waals surface area contributed by atoms with Gasteiger partial charge in [0, 0.05) is 5.75 Å². The van der Waals surface area contributed by atoms with Gasteiger partial charge >= 0.3 is 0 Å². The van der Waals surface area contributed by atoms with Crippen molar-refractivity contribution in [3.8, 4) is 0 Å². The van der Waals surface area contributed by atoms with E-state index in [1.54, 1.807) is 22.6 Å². The fourth-order valence-electron chi connectivity index (χ4n) is 1.17. The number of hydrogen-bond donors (Lipinski definition) is 0. The third kappa shape index (κ3) is 2.99. The second-order valence-corrected chi connectivity index (χ2v) is 4.02. The molecule has 0 fully saturated rings. The van der Waals surface area contributed by atoms with Gasteiger partial charge in [-0.3, -0.25) is 0 Å². The molecule has 78 valence electrons. The van der Waals surface area contributed by atoms with Crippen molar-refractivity contribution < 1.29 is 9.20 Å². The Labute approximate surface area is 92.0 Å². The van der Waals surface area contributed by atoms with Gasteiger partial charge in [-0.1, -0.05) is 42.1 Å². The lowest BCUT2D eigenvalue weighted by Gasteiger charge is -1.95. The molecular formula is C10H11N3OS. The summed E-state index contributed by atoms with van der Waals surface area (Å²) in [5.74, 6) is 1.74. The average molecular weight is 221 g/mol. The highest BCUT2D eigenvalue weighted by Crippen LogP contribution is 2.11. The lowest BCUT2D eigenvalue weighted by atomic mass is 10.2. The van der Waals surface area contributed by atoms with Crippen molar-refractivity contribution in [1.82, 2.24) is 5.27 Å². The lowest BCUT2D eigenvalue weighted by molar-refractivity contribution is -0.743. The molecule has 0 atom stereocenters. The van der Waals surface area contributed by atoms with E-state index >= 15 is 0 Å². The molecule has 5 heteroatoms. The van der Waals surface area contributed by atoms with E-state index in [-0.39, 0.29) is 5.88 Å². The van der Waals surface area contributed by atoms with Crippen molar-refractivity contribution in [3.63, 3.8) is 0 Å². The summed E-state index contributed by atoms with van der Waals surface area (Å²) in [7, 11) is 0. The Morgan fingerprint density at radius 1 is 1.33 bits per heavy atom. The molecule has 1 aromatic carbocycles. The maximum Gasteiger partial charge on any atom is 0.224 e. The number of rotatable bonds is 4. The van der Waals surface area contributed by atoms with Crippen LogP contribution in [-0.4, -0.2) is 5.27 Å². The standard InChI is InChI=1S/C10H11N3OS/c11-10-6-13(12-14-10)8-15-7-9-4-2-1-3-5-9/h1-6,11H,7-8H2. The molecule has 0 saturated heterocycles. The summed E-state index contributed by atoms with van der Waals surface area (Å²) in [5.41, 5.74) is 8.45. The van der Waals surface area contributed by atoms with Crippen LogP contribution < -0.4 is 4.68 Å². The fourth-order valence-corrected chi connectivity index (χ4v) is 2.00. The fraction of sp³-hybridized carbons (Fsp3) is 0.200. The molecule has 1 heterocycles. The summed E-state index contributed by atoms with van der Waals surface area (Å²) in [5, 5.41) is 3.68. The Hall–Kier alpha value is -1.49. The highest BCUT2D eigenvalue weighted by Gasteiger charge is 2.04. The first-order chi connectivity index (χ1) is 7.34. The van der Waals surface area contributed by atoms with Crippen LogP contribution in [0.2, 0.25) is 0 Å². The van der Waals surface area contributed by atoms with Gasteiger partial charge in [0.05, 0.1) is 0 Å². The topological polar surface area (TPSA) is 53.7 Å². The molecule has 0 aliphatic heterocycles. The summed E-state index contributed by atoms with van der Waals surface area (Å²) >= 11 is 1.73. The molecule has 1 aromatic heterocycles. The highest BCUT2D eigenvalue weighted by molar-refractivity contribution is 7.97. The molecule has 0 unspecified atom stereocenters. The van der Waals surface area contributed by atoms with Crippen LogP contribution >= 0.6 is 11.8 Å². The van der Waals surface area contributed by atoms with E-state index in [2.05, 4.69) is 21.9 Å². The minimum absolute atomic E-state index is 0.0929. The first kappa shape index (κ1) is 10.0. The minimum atomic E-state index is 0.0929. The second kappa shape index (κ2) is 4.84. The lowest BCUT2D eigenvalue weighted by Crippen LogP contribution is -2.32. The van der Waals surface area contributed by atoms with Crippen molar-refractivity contribution in [2.45, 2.75) is 11.6 Å². The van der Waals surface area contributed by atoms with E-state index in [9.17, 15) is 0 Å². The van der Waals surface area contributed by atoms with Gasteiger partial charge in [0.25, 0.3) is 0 Å². The summed E-state index contributed by atoms with van der Waals surface area (Å²) in [6.45, 7) is 0. The minimum Gasteiger partial charge on any atom is -0.660 e. The van der Waals surface area contributed by atoms with Gasteiger partial charge < -0.3 is 10.3 Å². The monoisotopic (exact) mass is 221 g/mol. The van der Waals surface area contributed by atoms with E-state index in [1.807, 2.05) is 18.2 Å². The summed E-state index contributed by atoms with van der Waals surface area (Å²) < 4.78 is 6.25. The second-order valence-electron chi connectivity index (χ2n) is 3.07. The Kier molecular flexibility index (Phi) is 3.24.